The summed E-state index contributed by atoms with van der Waals surface area (Å²) in [5, 5.41) is 13.7. The van der Waals surface area contributed by atoms with Gasteiger partial charge in [-0.2, -0.15) is 0 Å². The molecule has 7 nitrogen and oxygen atoms in total. The summed E-state index contributed by atoms with van der Waals surface area (Å²) in [6, 6.07) is 15.5. The third-order valence-corrected chi connectivity index (χ3v) is 7.57. The molecular weight excluding hydrogens is 519 g/mol. The van der Waals surface area contributed by atoms with Crippen LogP contribution in [0, 0.1) is 5.92 Å². The van der Waals surface area contributed by atoms with Crippen molar-refractivity contribution in [1.29, 1.82) is 0 Å². The summed E-state index contributed by atoms with van der Waals surface area (Å²) in [4.78, 5) is 23.5. The molecule has 5 rings (SSSR count). The Morgan fingerprint density at radius 1 is 0.789 bits per heavy atom. The molecule has 2 aromatic carbocycles. The van der Waals surface area contributed by atoms with Crippen molar-refractivity contribution in [3.63, 3.8) is 0 Å². The number of nitrogens with one attached hydrogen (secondary N) is 3. The molecule has 2 heterocycles. The van der Waals surface area contributed by atoms with Gasteiger partial charge in [-0.15, -0.1) is 0 Å². The second kappa shape index (κ2) is 12.6. The number of pyridine rings is 2. The number of halogens is 2. The summed E-state index contributed by atoms with van der Waals surface area (Å²) >= 11 is 12.3. The van der Waals surface area contributed by atoms with Gasteiger partial charge in [0, 0.05) is 89.8 Å². The Morgan fingerprint density at radius 2 is 1.32 bits per heavy atom. The average molecular weight is 552 g/mol. The van der Waals surface area contributed by atoms with Crippen molar-refractivity contribution in [2.75, 3.05) is 49.9 Å². The number of hydrogen-bond donors (Lipinski definition) is 3. The maximum Gasteiger partial charge on any atom is 0.223 e. The molecule has 0 aliphatic heterocycles. The number of fused-ring (bicyclic) bond motifs is 2. The molecule has 2 aromatic heterocycles. The number of amides is 1. The van der Waals surface area contributed by atoms with Crippen LogP contribution in [0.4, 0.5) is 11.4 Å². The minimum absolute atomic E-state index is 0.191. The Hall–Kier alpha value is -3.13. The monoisotopic (exact) mass is 550 g/mol. The summed E-state index contributed by atoms with van der Waals surface area (Å²) in [6.45, 7) is 4.59. The zero-order chi connectivity index (χ0) is 26.3. The standard InChI is InChI=1S/C29H32Cl2N6O/c30-21-4-6-23-25(8-10-32-27(23)18-21)34-12-15-37(17-14-36-29(38)20-2-1-3-20)16-13-35-26-9-11-33-28-19-22(31)5-7-24(26)28/h4-11,18-20H,1-3,12-17H2,(H,32,34)(H,33,35)(H,36,38). The van der Waals surface area contributed by atoms with Gasteiger partial charge in [-0.05, 0) is 61.4 Å². The van der Waals surface area contributed by atoms with Crippen LogP contribution in [-0.4, -0.2) is 60.0 Å². The lowest BCUT2D eigenvalue weighted by Crippen LogP contribution is -2.42. The lowest BCUT2D eigenvalue weighted by atomic mass is 9.85. The highest BCUT2D eigenvalue weighted by Gasteiger charge is 2.24. The Bertz CT molecular complexity index is 1320. The smallest absolute Gasteiger partial charge is 0.223 e. The molecule has 0 bridgehead atoms. The van der Waals surface area contributed by atoms with E-state index in [1.165, 1.54) is 0 Å². The lowest BCUT2D eigenvalue weighted by molar-refractivity contribution is -0.127. The minimum Gasteiger partial charge on any atom is -0.383 e. The molecule has 0 unspecified atom stereocenters. The number of rotatable bonds is 12. The Kier molecular flexibility index (Phi) is 8.79. The number of benzene rings is 2. The summed E-state index contributed by atoms with van der Waals surface area (Å²) in [7, 11) is 0. The van der Waals surface area contributed by atoms with E-state index in [1.807, 2.05) is 48.5 Å². The third kappa shape index (κ3) is 6.65. The van der Waals surface area contributed by atoms with Crippen LogP contribution in [0.2, 0.25) is 10.0 Å². The molecule has 9 heteroatoms. The Labute approximate surface area is 232 Å². The predicted molar refractivity (Wildman–Crippen MR) is 157 cm³/mol. The van der Waals surface area contributed by atoms with Crippen LogP contribution in [0.25, 0.3) is 21.8 Å². The number of hydrogen-bond acceptors (Lipinski definition) is 6. The van der Waals surface area contributed by atoms with Crippen molar-refractivity contribution in [1.82, 2.24) is 20.2 Å². The normalized spacial score (nSPS) is 13.6. The summed E-state index contributed by atoms with van der Waals surface area (Å²) in [6.07, 6.45) is 6.78. The van der Waals surface area contributed by atoms with Crippen molar-refractivity contribution >= 4 is 62.3 Å². The zero-order valence-electron chi connectivity index (χ0n) is 21.2. The summed E-state index contributed by atoms with van der Waals surface area (Å²) in [5.74, 6) is 0.394. The highest BCUT2D eigenvalue weighted by molar-refractivity contribution is 6.31. The van der Waals surface area contributed by atoms with Gasteiger partial charge >= 0.3 is 0 Å². The third-order valence-electron chi connectivity index (χ3n) is 7.10. The van der Waals surface area contributed by atoms with Crippen LogP contribution >= 0.6 is 23.2 Å². The van der Waals surface area contributed by atoms with Crippen LogP contribution < -0.4 is 16.0 Å². The van der Waals surface area contributed by atoms with Crippen molar-refractivity contribution in [3.8, 4) is 0 Å². The molecule has 0 atom stereocenters. The van der Waals surface area contributed by atoms with E-state index in [1.54, 1.807) is 12.4 Å². The van der Waals surface area contributed by atoms with Gasteiger partial charge in [0.1, 0.15) is 0 Å². The van der Waals surface area contributed by atoms with Gasteiger partial charge in [0.25, 0.3) is 0 Å². The second-order valence-corrected chi connectivity index (χ2v) is 10.5. The predicted octanol–water partition coefficient (Wildman–Crippen LogP) is 5.83. The number of nitrogens with zero attached hydrogens (tertiary/aromatic N) is 3. The van der Waals surface area contributed by atoms with Gasteiger partial charge in [-0.1, -0.05) is 29.6 Å². The van der Waals surface area contributed by atoms with Crippen molar-refractivity contribution in [2.24, 2.45) is 5.92 Å². The highest BCUT2D eigenvalue weighted by Crippen LogP contribution is 2.27. The van der Waals surface area contributed by atoms with Crippen LogP contribution in [-0.2, 0) is 4.79 Å². The van der Waals surface area contributed by atoms with Crippen molar-refractivity contribution in [3.05, 3.63) is 71.0 Å². The molecule has 1 fully saturated rings. The first-order valence-electron chi connectivity index (χ1n) is 13.1. The van der Waals surface area contributed by atoms with E-state index in [-0.39, 0.29) is 11.8 Å². The molecule has 1 aliphatic carbocycles. The van der Waals surface area contributed by atoms with E-state index in [2.05, 4.69) is 30.8 Å². The van der Waals surface area contributed by atoms with Gasteiger partial charge in [0.05, 0.1) is 11.0 Å². The fourth-order valence-corrected chi connectivity index (χ4v) is 5.07. The fourth-order valence-electron chi connectivity index (χ4n) is 4.74. The molecule has 0 radical (unpaired) electrons. The van der Waals surface area contributed by atoms with Gasteiger partial charge in [0.15, 0.2) is 0 Å². The first-order chi connectivity index (χ1) is 18.6. The van der Waals surface area contributed by atoms with E-state index < -0.39 is 0 Å². The minimum atomic E-state index is 0.191. The number of carbonyl (C=O) groups excluding carboxylic acids is 1. The van der Waals surface area contributed by atoms with Crippen molar-refractivity contribution < 1.29 is 4.79 Å². The van der Waals surface area contributed by atoms with Crippen molar-refractivity contribution in [2.45, 2.75) is 19.3 Å². The van der Waals surface area contributed by atoms with Crippen LogP contribution in [0.3, 0.4) is 0 Å². The van der Waals surface area contributed by atoms with E-state index in [0.717, 1.165) is 85.2 Å². The number of anilines is 2. The molecule has 1 aliphatic rings. The first-order valence-corrected chi connectivity index (χ1v) is 13.9. The maximum atomic E-state index is 12.3. The largest absolute Gasteiger partial charge is 0.383 e. The average Bonchev–Trinajstić information content (AvgIpc) is 2.87. The Morgan fingerprint density at radius 3 is 1.82 bits per heavy atom. The van der Waals surface area contributed by atoms with E-state index >= 15 is 0 Å². The number of aromatic nitrogens is 2. The molecule has 0 saturated heterocycles. The number of carbonyl (C=O) groups is 1. The van der Waals surface area contributed by atoms with Crippen LogP contribution in [0.15, 0.2) is 60.9 Å². The first kappa shape index (κ1) is 26.5. The van der Waals surface area contributed by atoms with Crippen LogP contribution in [0.1, 0.15) is 19.3 Å². The fraction of sp³-hybridized carbons (Fsp3) is 0.345. The second-order valence-electron chi connectivity index (χ2n) is 9.65. The topological polar surface area (TPSA) is 82.2 Å². The zero-order valence-corrected chi connectivity index (χ0v) is 22.7. The van der Waals surface area contributed by atoms with Crippen LogP contribution in [0.5, 0.6) is 0 Å². The van der Waals surface area contributed by atoms with E-state index in [0.29, 0.717) is 16.6 Å². The molecule has 1 amide bonds. The molecule has 3 N–H and O–H groups in total. The van der Waals surface area contributed by atoms with E-state index in [9.17, 15) is 4.79 Å². The molecule has 198 valence electrons. The lowest BCUT2D eigenvalue weighted by Gasteiger charge is -2.26. The molecule has 0 spiro atoms. The molecule has 38 heavy (non-hydrogen) atoms. The summed E-state index contributed by atoms with van der Waals surface area (Å²) in [5.41, 5.74) is 3.80. The summed E-state index contributed by atoms with van der Waals surface area (Å²) < 4.78 is 0. The highest BCUT2D eigenvalue weighted by atomic mass is 35.5. The molecule has 4 aromatic rings. The van der Waals surface area contributed by atoms with Gasteiger partial charge in [-0.25, -0.2) is 0 Å². The van der Waals surface area contributed by atoms with E-state index in [4.69, 9.17) is 23.2 Å². The van der Waals surface area contributed by atoms with Gasteiger partial charge < -0.3 is 16.0 Å². The van der Waals surface area contributed by atoms with Gasteiger partial charge in [-0.3, -0.25) is 19.7 Å². The van der Waals surface area contributed by atoms with Gasteiger partial charge in [0.2, 0.25) is 5.91 Å². The maximum absolute atomic E-state index is 12.3. The quantitative estimate of drug-likeness (QED) is 0.206. The molecular formula is C29H32Cl2N6O. The Balaban J connectivity index is 1.19. The molecule has 1 saturated carbocycles. The SMILES string of the molecule is O=C(NCCN(CCNc1ccnc2cc(Cl)ccc12)CCNc1ccnc2cc(Cl)ccc12)C1CCC1.